The Balaban J connectivity index is 1.59. The number of amides is 1. The molecule has 0 radical (unpaired) electrons. The number of carboxylic acid groups (broad SMARTS) is 1. The molecule has 1 aromatic heterocycles. The smallest absolute Gasteiger partial charge is 0.534 e. The summed E-state index contributed by atoms with van der Waals surface area (Å²) in [4.78, 5) is 24.3. The molecule has 0 aliphatic carbocycles. The number of hydrogen-bond donors (Lipinski definition) is 4. The quantitative estimate of drug-likeness (QED) is 0.480. The number of para-hydroxylation sites is 1. The topological polar surface area (TPSA) is 127 Å². The summed E-state index contributed by atoms with van der Waals surface area (Å²) in [6, 6.07) is 12.1. The van der Waals surface area contributed by atoms with Crippen LogP contribution < -0.4 is 15.7 Å². The first kappa shape index (κ1) is 19.0. The monoisotopic (exact) mass is 393 g/mol. The van der Waals surface area contributed by atoms with E-state index < -0.39 is 19.0 Å². The number of nitrogens with zero attached hydrogens (tertiary/aromatic N) is 1. The summed E-state index contributed by atoms with van der Waals surface area (Å²) in [5.74, 6) is -2.05. The second kappa shape index (κ2) is 7.61. The van der Waals surface area contributed by atoms with Gasteiger partial charge in [-0.2, -0.15) is 0 Å². The maximum absolute atomic E-state index is 12.9. The molecule has 1 amide bonds. The van der Waals surface area contributed by atoms with Crippen molar-refractivity contribution in [1.29, 1.82) is 0 Å². The largest absolute Gasteiger partial charge is 0.547 e. The fourth-order valence-electron chi connectivity index (χ4n) is 3.72. The number of rotatable bonds is 5. The predicted octanol–water partition coefficient (Wildman–Crippen LogP) is 1.05. The average Bonchev–Trinajstić information content (AvgIpc) is 3.11. The summed E-state index contributed by atoms with van der Waals surface area (Å²) in [6.45, 7) is 1.13. The maximum Gasteiger partial charge on any atom is 0.547 e. The Bertz CT molecular complexity index is 1100. The maximum atomic E-state index is 12.9. The molecule has 0 spiro atoms. The van der Waals surface area contributed by atoms with Crippen LogP contribution in [0, 0.1) is 0 Å². The third kappa shape index (κ3) is 3.46. The molecule has 1 atom stereocenters. The van der Waals surface area contributed by atoms with E-state index in [0.29, 0.717) is 24.2 Å². The zero-order chi connectivity index (χ0) is 20.5. The number of nitrogens with one attached hydrogen (secondary N) is 1. The number of benzene rings is 2. The normalized spacial score (nSPS) is 15.7. The summed E-state index contributed by atoms with van der Waals surface area (Å²) in [5.41, 5.74) is 7.62. The van der Waals surface area contributed by atoms with E-state index in [1.807, 2.05) is 22.9 Å². The zero-order valence-corrected chi connectivity index (χ0v) is 15.5. The highest BCUT2D eigenvalue weighted by Crippen LogP contribution is 2.30. The first-order valence-electron chi connectivity index (χ1n) is 9.28. The van der Waals surface area contributed by atoms with Crippen LogP contribution in [0.25, 0.3) is 10.9 Å². The second-order valence-corrected chi connectivity index (χ2v) is 6.93. The Morgan fingerprint density at radius 1 is 1.21 bits per heavy atom. The summed E-state index contributed by atoms with van der Waals surface area (Å²) < 4.78 is 7.42. The number of carbonyl (C=O) groups is 2. The van der Waals surface area contributed by atoms with Gasteiger partial charge in [-0.15, -0.1) is 0 Å². The molecule has 2 heterocycles. The van der Waals surface area contributed by atoms with E-state index >= 15 is 0 Å². The summed E-state index contributed by atoms with van der Waals surface area (Å²) in [6.07, 6.45) is 2.14. The number of nitrogens with two attached hydrogens (primary N) is 1. The number of aromatic carboxylic acids is 1. The molecule has 4 rings (SSSR count). The molecular weight excluding hydrogens is 373 g/mol. The van der Waals surface area contributed by atoms with Crippen LogP contribution in [0.3, 0.4) is 0 Å². The molecule has 0 bridgehead atoms. The highest BCUT2D eigenvalue weighted by molar-refractivity contribution is 6.47. The van der Waals surface area contributed by atoms with Gasteiger partial charge >= 0.3 is 13.1 Å². The lowest BCUT2D eigenvalue weighted by Gasteiger charge is -2.29. The van der Waals surface area contributed by atoms with Gasteiger partial charge in [-0.25, -0.2) is 4.79 Å². The molecule has 0 fully saturated rings. The van der Waals surface area contributed by atoms with Crippen molar-refractivity contribution in [3.8, 4) is 5.75 Å². The average molecular weight is 393 g/mol. The van der Waals surface area contributed by atoms with Crippen LogP contribution in [0.4, 0.5) is 0 Å². The van der Waals surface area contributed by atoms with Crippen molar-refractivity contribution in [3.63, 3.8) is 0 Å². The lowest BCUT2D eigenvalue weighted by atomic mass is 9.72. The van der Waals surface area contributed by atoms with Gasteiger partial charge in [0.1, 0.15) is 5.75 Å². The van der Waals surface area contributed by atoms with Crippen LogP contribution in [0.2, 0.25) is 0 Å². The first-order valence-corrected chi connectivity index (χ1v) is 9.28. The molecule has 0 saturated heterocycles. The first-order chi connectivity index (χ1) is 14.0. The molecular formula is C20H20BN3O5. The van der Waals surface area contributed by atoms with Gasteiger partial charge in [-0.1, -0.05) is 18.2 Å². The molecule has 3 aromatic rings. The number of fused-ring (bicyclic) bond motifs is 2. The third-order valence-electron chi connectivity index (χ3n) is 5.09. The Morgan fingerprint density at radius 3 is 2.72 bits per heavy atom. The van der Waals surface area contributed by atoms with Crippen LogP contribution in [0.15, 0.2) is 48.7 Å². The van der Waals surface area contributed by atoms with Gasteiger partial charge < -0.3 is 30.4 Å². The molecule has 0 saturated carbocycles. The molecule has 148 valence electrons. The molecule has 2 aromatic carbocycles. The van der Waals surface area contributed by atoms with Crippen molar-refractivity contribution in [2.24, 2.45) is 5.73 Å². The van der Waals surface area contributed by atoms with Crippen molar-refractivity contribution < 1.29 is 24.4 Å². The zero-order valence-electron chi connectivity index (χ0n) is 15.5. The number of aromatic nitrogens is 1. The van der Waals surface area contributed by atoms with Gasteiger partial charge in [0.25, 0.3) is 5.91 Å². The number of hydrogen-bond acceptors (Lipinski definition) is 5. The lowest BCUT2D eigenvalue weighted by molar-refractivity contribution is 0.0693. The van der Waals surface area contributed by atoms with Crippen molar-refractivity contribution in [3.05, 3.63) is 65.4 Å². The fraction of sp³-hybridized carbons (Fsp3) is 0.200. The van der Waals surface area contributed by atoms with Crippen LogP contribution in [-0.4, -0.2) is 46.2 Å². The molecule has 5 N–H and O–H groups in total. The highest BCUT2D eigenvalue weighted by atomic mass is 16.5. The Kier molecular flexibility index (Phi) is 5.00. The second-order valence-electron chi connectivity index (χ2n) is 6.93. The molecule has 1 aliphatic rings. The molecule has 29 heavy (non-hydrogen) atoms. The van der Waals surface area contributed by atoms with Crippen molar-refractivity contribution in [2.45, 2.75) is 18.9 Å². The van der Waals surface area contributed by atoms with E-state index in [0.717, 1.165) is 10.9 Å². The third-order valence-corrected chi connectivity index (χ3v) is 5.09. The van der Waals surface area contributed by atoms with Crippen LogP contribution >= 0.6 is 0 Å². The van der Waals surface area contributed by atoms with Crippen LogP contribution in [0.5, 0.6) is 5.75 Å². The van der Waals surface area contributed by atoms with Crippen molar-refractivity contribution in [1.82, 2.24) is 9.88 Å². The Labute approximate surface area is 167 Å². The van der Waals surface area contributed by atoms with Gasteiger partial charge in [0.05, 0.1) is 11.5 Å². The summed E-state index contributed by atoms with van der Waals surface area (Å²) in [7, 11) is -1.35. The van der Waals surface area contributed by atoms with E-state index in [1.54, 1.807) is 24.3 Å². The lowest BCUT2D eigenvalue weighted by Crippen LogP contribution is -2.53. The van der Waals surface area contributed by atoms with Gasteiger partial charge in [0.2, 0.25) is 0 Å². The highest BCUT2D eigenvalue weighted by Gasteiger charge is 2.38. The summed E-state index contributed by atoms with van der Waals surface area (Å²) >= 11 is 0. The molecule has 1 unspecified atom stereocenters. The Hall–Kier alpha value is -3.30. The SMILES string of the molecule is NCCn1ccc2c(C(=O)NC3Cc4cccc(C(=O)O)c4OB3O)cccc21. The van der Waals surface area contributed by atoms with Crippen molar-refractivity contribution in [2.75, 3.05) is 6.54 Å². The minimum atomic E-state index is -1.35. The van der Waals surface area contributed by atoms with E-state index in [4.69, 9.17) is 10.4 Å². The number of carbonyl (C=O) groups excluding carboxylic acids is 1. The van der Waals surface area contributed by atoms with E-state index in [-0.39, 0.29) is 23.6 Å². The van der Waals surface area contributed by atoms with Gasteiger partial charge in [-0.3, -0.25) is 4.79 Å². The molecule has 9 heteroatoms. The van der Waals surface area contributed by atoms with E-state index in [9.17, 15) is 19.7 Å². The van der Waals surface area contributed by atoms with Crippen molar-refractivity contribution >= 4 is 29.9 Å². The summed E-state index contributed by atoms with van der Waals surface area (Å²) in [5, 5.41) is 23.2. The van der Waals surface area contributed by atoms with Crippen LogP contribution in [-0.2, 0) is 13.0 Å². The van der Waals surface area contributed by atoms with Gasteiger partial charge in [0, 0.05) is 35.8 Å². The minimum absolute atomic E-state index is 0.0164. The van der Waals surface area contributed by atoms with Gasteiger partial charge in [0.15, 0.2) is 0 Å². The predicted molar refractivity (Wildman–Crippen MR) is 108 cm³/mol. The molecule has 8 nitrogen and oxygen atoms in total. The minimum Gasteiger partial charge on any atom is -0.534 e. The van der Waals surface area contributed by atoms with Gasteiger partial charge in [-0.05, 0) is 36.2 Å². The van der Waals surface area contributed by atoms with Crippen LogP contribution in [0.1, 0.15) is 26.3 Å². The fourth-order valence-corrected chi connectivity index (χ4v) is 3.72. The number of carboxylic acids is 1. The van der Waals surface area contributed by atoms with E-state index in [1.165, 1.54) is 6.07 Å². The molecule has 1 aliphatic heterocycles. The van der Waals surface area contributed by atoms with E-state index in [2.05, 4.69) is 5.32 Å². The Morgan fingerprint density at radius 2 is 1.97 bits per heavy atom. The standard InChI is InChI=1S/C20H20BN3O5/c22-8-10-24-9-7-13-14(4-2-6-16(13)24)19(25)23-17-11-12-3-1-5-15(20(26)27)18(12)29-21(17)28/h1-7,9,17,28H,8,10-11,22H2,(H,23,25)(H,26,27).